The minimum atomic E-state index is -0.0584. The number of rotatable bonds is 3. The molecule has 0 amide bonds. The van der Waals surface area contributed by atoms with E-state index in [9.17, 15) is 4.79 Å². The van der Waals surface area contributed by atoms with E-state index in [0.717, 1.165) is 11.5 Å². The molecule has 1 aliphatic heterocycles. The largest absolute Gasteiger partial charge is 0.466 e. The Hall–Kier alpha value is 0.170. The van der Waals surface area contributed by atoms with Crippen molar-refractivity contribution in [1.29, 1.82) is 0 Å². The van der Waals surface area contributed by atoms with E-state index in [1.807, 2.05) is 37.4 Å². The van der Waals surface area contributed by atoms with Gasteiger partial charge in [0.05, 0.1) is 16.6 Å². The van der Waals surface area contributed by atoms with E-state index in [1.54, 1.807) is 0 Å². The Balaban J connectivity index is 2.56. The molecule has 0 N–H and O–H groups in total. The zero-order valence-corrected chi connectivity index (χ0v) is 10.7. The standard InChI is InChI=1S/C10H18O2S2/c1-4-12-9(11)8(2)10(3)13-6-5-7-14-10/h8H,4-7H2,1-3H3/t8-/m1/s1. The van der Waals surface area contributed by atoms with Crippen molar-refractivity contribution in [2.45, 2.75) is 31.3 Å². The molecule has 14 heavy (non-hydrogen) atoms. The van der Waals surface area contributed by atoms with Gasteiger partial charge in [0, 0.05) is 0 Å². The van der Waals surface area contributed by atoms with Crippen molar-refractivity contribution in [2.24, 2.45) is 5.92 Å². The Labute approximate surface area is 94.5 Å². The molecule has 0 saturated carbocycles. The number of esters is 1. The second-order valence-corrected chi connectivity index (χ2v) is 6.89. The lowest BCUT2D eigenvalue weighted by Crippen LogP contribution is -2.35. The highest BCUT2D eigenvalue weighted by molar-refractivity contribution is 8.18. The van der Waals surface area contributed by atoms with Crippen LogP contribution in [0.1, 0.15) is 27.2 Å². The molecule has 1 rings (SSSR count). The Morgan fingerprint density at radius 2 is 2.07 bits per heavy atom. The van der Waals surface area contributed by atoms with Crippen LogP contribution in [-0.4, -0.2) is 28.2 Å². The molecule has 0 radical (unpaired) electrons. The average Bonchev–Trinajstić information content (AvgIpc) is 2.18. The first-order valence-corrected chi connectivity index (χ1v) is 7.02. The van der Waals surface area contributed by atoms with Crippen molar-refractivity contribution in [2.75, 3.05) is 18.1 Å². The molecule has 2 nitrogen and oxygen atoms in total. The van der Waals surface area contributed by atoms with Crippen molar-refractivity contribution < 1.29 is 9.53 Å². The van der Waals surface area contributed by atoms with E-state index in [1.165, 1.54) is 6.42 Å². The summed E-state index contributed by atoms with van der Waals surface area (Å²) in [5.74, 6) is 2.25. The highest BCUT2D eigenvalue weighted by Crippen LogP contribution is 2.47. The van der Waals surface area contributed by atoms with Gasteiger partial charge in [-0.3, -0.25) is 4.79 Å². The monoisotopic (exact) mass is 234 g/mol. The van der Waals surface area contributed by atoms with Gasteiger partial charge < -0.3 is 4.74 Å². The number of carbonyl (C=O) groups is 1. The lowest BCUT2D eigenvalue weighted by molar-refractivity contribution is -0.147. The first kappa shape index (κ1) is 12.2. The zero-order valence-electron chi connectivity index (χ0n) is 9.04. The smallest absolute Gasteiger partial charge is 0.310 e. The third-order valence-corrected chi connectivity index (χ3v) is 6.04. The Kier molecular flexibility index (Phi) is 4.64. The molecule has 0 aromatic rings. The average molecular weight is 234 g/mol. The van der Waals surface area contributed by atoms with Crippen LogP contribution in [-0.2, 0) is 9.53 Å². The summed E-state index contributed by atoms with van der Waals surface area (Å²) < 4.78 is 5.07. The van der Waals surface area contributed by atoms with E-state index >= 15 is 0 Å². The first-order valence-electron chi connectivity index (χ1n) is 5.04. The molecule has 1 fully saturated rings. The molecule has 0 bridgehead atoms. The molecule has 1 aliphatic rings. The summed E-state index contributed by atoms with van der Waals surface area (Å²) in [5, 5.41) is 0. The van der Waals surface area contributed by atoms with Crippen molar-refractivity contribution in [3.8, 4) is 0 Å². The minimum Gasteiger partial charge on any atom is -0.466 e. The SMILES string of the molecule is CCOC(=O)[C@@H](C)C1(C)SCCCS1. The van der Waals surface area contributed by atoms with Crippen molar-refractivity contribution in [3.05, 3.63) is 0 Å². The van der Waals surface area contributed by atoms with E-state index in [2.05, 4.69) is 6.92 Å². The summed E-state index contributed by atoms with van der Waals surface area (Å²) in [6.07, 6.45) is 1.25. The highest BCUT2D eigenvalue weighted by atomic mass is 32.2. The van der Waals surface area contributed by atoms with Crippen LogP contribution in [0.25, 0.3) is 0 Å². The van der Waals surface area contributed by atoms with Gasteiger partial charge in [0.15, 0.2) is 0 Å². The van der Waals surface area contributed by atoms with Gasteiger partial charge in [-0.2, -0.15) is 0 Å². The number of ether oxygens (including phenoxy) is 1. The predicted octanol–water partition coefficient (Wildman–Crippen LogP) is 2.77. The van der Waals surface area contributed by atoms with E-state index in [4.69, 9.17) is 4.74 Å². The van der Waals surface area contributed by atoms with Crippen LogP contribution >= 0.6 is 23.5 Å². The summed E-state index contributed by atoms with van der Waals surface area (Å²) in [6.45, 7) is 6.47. The van der Waals surface area contributed by atoms with E-state index in [-0.39, 0.29) is 16.0 Å². The third-order valence-electron chi connectivity index (χ3n) is 2.49. The van der Waals surface area contributed by atoms with Gasteiger partial charge in [-0.05, 0) is 38.7 Å². The Morgan fingerprint density at radius 1 is 1.50 bits per heavy atom. The lowest BCUT2D eigenvalue weighted by Gasteiger charge is -2.36. The van der Waals surface area contributed by atoms with Crippen molar-refractivity contribution in [1.82, 2.24) is 0 Å². The van der Waals surface area contributed by atoms with Gasteiger partial charge in [0.2, 0.25) is 0 Å². The van der Waals surface area contributed by atoms with Crippen LogP contribution in [0.2, 0.25) is 0 Å². The second-order valence-electron chi connectivity index (χ2n) is 3.54. The van der Waals surface area contributed by atoms with Gasteiger partial charge in [-0.25, -0.2) is 0 Å². The molecule has 4 heteroatoms. The van der Waals surface area contributed by atoms with Crippen LogP contribution < -0.4 is 0 Å². The molecule has 0 aliphatic carbocycles. The van der Waals surface area contributed by atoms with Gasteiger partial charge >= 0.3 is 5.97 Å². The van der Waals surface area contributed by atoms with Crippen LogP contribution in [0.4, 0.5) is 0 Å². The van der Waals surface area contributed by atoms with Crippen molar-refractivity contribution >= 4 is 29.5 Å². The molecule has 1 saturated heterocycles. The minimum absolute atomic E-state index is 0.0160. The fourth-order valence-corrected chi connectivity index (χ4v) is 4.48. The number of hydrogen-bond donors (Lipinski definition) is 0. The van der Waals surface area contributed by atoms with Crippen LogP contribution in [0.5, 0.6) is 0 Å². The lowest BCUT2D eigenvalue weighted by atomic mass is 10.1. The molecule has 0 unspecified atom stereocenters. The summed E-state index contributed by atoms with van der Waals surface area (Å²) in [4.78, 5) is 11.6. The molecule has 1 heterocycles. The fraction of sp³-hybridized carbons (Fsp3) is 0.900. The highest BCUT2D eigenvalue weighted by Gasteiger charge is 2.39. The maximum Gasteiger partial charge on any atom is 0.310 e. The predicted molar refractivity (Wildman–Crippen MR) is 63.7 cm³/mol. The van der Waals surface area contributed by atoms with Crippen molar-refractivity contribution in [3.63, 3.8) is 0 Å². The van der Waals surface area contributed by atoms with Gasteiger partial charge in [0.1, 0.15) is 0 Å². The summed E-state index contributed by atoms with van der Waals surface area (Å²) in [7, 11) is 0. The molecular weight excluding hydrogens is 216 g/mol. The van der Waals surface area contributed by atoms with Gasteiger partial charge in [-0.15, -0.1) is 23.5 Å². The molecular formula is C10H18O2S2. The number of hydrogen-bond acceptors (Lipinski definition) is 4. The molecule has 0 aromatic heterocycles. The summed E-state index contributed by atoms with van der Waals surface area (Å²) >= 11 is 3.78. The van der Waals surface area contributed by atoms with Gasteiger partial charge in [-0.1, -0.05) is 0 Å². The van der Waals surface area contributed by atoms with Crippen LogP contribution in [0.3, 0.4) is 0 Å². The maximum absolute atomic E-state index is 11.6. The van der Waals surface area contributed by atoms with Crippen LogP contribution in [0, 0.1) is 5.92 Å². The third kappa shape index (κ3) is 2.83. The van der Waals surface area contributed by atoms with E-state index < -0.39 is 0 Å². The maximum atomic E-state index is 11.6. The zero-order chi connectivity index (χ0) is 10.6. The Morgan fingerprint density at radius 3 is 2.57 bits per heavy atom. The first-order chi connectivity index (χ1) is 6.60. The molecule has 82 valence electrons. The number of carbonyl (C=O) groups excluding carboxylic acids is 1. The molecule has 0 spiro atoms. The molecule has 0 aromatic carbocycles. The summed E-state index contributed by atoms with van der Waals surface area (Å²) in [6, 6.07) is 0. The second kappa shape index (κ2) is 5.31. The van der Waals surface area contributed by atoms with Gasteiger partial charge in [0.25, 0.3) is 0 Å². The summed E-state index contributed by atoms with van der Waals surface area (Å²) in [5.41, 5.74) is 0. The number of thioether (sulfide) groups is 2. The fourth-order valence-electron chi connectivity index (χ4n) is 1.38. The topological polar surface area (TPSA) is 26.3 Å². The quantitative estimate of drug-likeness (QED) is 0.701. The van der Waals surface area contributed by atoms with E-state index in [0.29, 0.717) is 6.61 Å². The normalized spacial score (nSPS) is 22.8. The van der Waals surface area contributed by atoms with Crippen LogP contribution in [0.15, 0.2) is 0 Å². The molecule has 1 atom stereocenters. The Bertz CT molecular complexity index is 200.